The quantitative estimate of drug-likeness (QED) is 0.910. The molecule has 3 amide bonds. The van der Waals surface area contributed by atoms with Crippen LogP contribution in [0.25, 0.3) is 0 Å². The summed E-state index contributed by atoms with van der Waals surface area (Å²) in [6, 6.07) is 5.93. The predicted molar refractivity (Wildman–Crippen MR) is 86.0 cm³/mol. The fourth-order valence-corrected chi connectivity index (χ4v) is 3.13. The normalized spacial score (nSPS) is 21.5. The Labute approximate surface area is 131 Å². The van der Waals surface area contributed by atoms with Crippen LogP contribution in [0.5, 0.6) is 0 Å². The minimum absolute atomic E-state index is 0.0303. The van der Waals surface area contributed by atoms with Crippen molar-refractivity contribution < 1.29 is 9.59 Å². The van der Waals surface area contributed by atoms with E-state index in [-0.39, 0.29) is 18.0 Å². The number of benzene rings is 1. The minimum atomic E-state index is -0.0952. The van der Waals surface area contributed by atoms with Gasteiger partial charge in [0.15, 0.2) is 0 Å². The van der Waals surface area contributed by atoms with Crippen molar-refractivity contribution in [3.8, 4) is 0 Å². The van der Waals surface area contributed by atoms with Gasteiger partial charge in [-0.15, -0.1) is 0 Å². The van der Waals surface area contributed by atoms with Crippen molar-refractivity contribution in [2.75, 3.05) is 24.5 Å². The molecule has 0 saturated carbocycles. The van der Waals surface area contributed by atoms with Crippen molar-refractivity contribution in [1.29, 1.82) is 0 Å². The van der Waals surface area contributed by atoms with Crippen LogP contribution < -0.4 is 10.2 Å². The largest absolute Gasteiger partial charge is 0.333 e. The number of hydrogen-bond acceptors (Lipinski definition) is 2. The number of nitrogens with zero attached hydrogens (tertiary/aromatic N) is 2. The highest BCUT2D eigenvalue weighted by Gasteiger charge is 2.32. The summed E-state index contributed by atoms with van der Waals surface area (Å²) in [5.41, 5.74) is 3.31. The zero-order chi connectivity index (χ0) is 15.7. The maximum absolute atomic E-state index is 12.2. The maximum Gasteiger partial charge on any atom is 0.317 e. The first-order chi connectivity index (χ1) is 10.5. The summed E-state index contributed by atoms with van der Waals surface area (Å²) in [5.74, 6) is 0.0787. The summed E-state index contributed by atoms with van der Waals surface area (Å²) in [5, 5.41) is 3.00. The third-order valence-corrected chi connectivity index (χ3v) is 4.65. The Morgan fingerprint density at radius 1 is 1.18 bits per heavy atom. The minimum Gasteiger partial charge on any atom is -0.333 e. The third kappa shape index (κ3) is 2.93. The number of likely N-dealkylation sites (tertiary alicyclic amines) is 1. The topological polar surface area (TPSA) is 52.7 Å². The van der Waals surface area contributed by atoms with E-state index in [2.05, 4.69) is 12.2 Å². The van der Waals surface area contributed by atoms with Crippen LogP contribution in [0.3, 0.4) is 0 Å². The van der Waals surface area contributed by atoms with E-state index in [1.165, 1.54) is 11.1 Å². The molecule has 0 bridgehead atoms. The van der Waals surface area contributed by atoms with Crippen molar-refractivity contribution in [3.63, 3.8) is 0 Å². The van der Waals surface area contributed by atoms with Gasteiger partial charge < -0.3 is 15.1 Å². The van der Waals surface area contributed by atoms with E-state index in [9.17, 15) is 9.59 Å². The molecule has 1 atom stereocenters. The van der Waals surface area contributed by atoms with Crippen LogP contribution in [0.2, 0.25) is 0 Å². The van der Waals surface area contributed by atoms with E-state index < -0.39 is 0 Å². The van der Waals surface area contributed by atoms with Gasteiger partial charge >= 0.3 is 6.03 Å². The predicted octanol–water partition coefficient (Wildman–Crippen LogP) is 2.21. The van der Waals surface area contributed by atoms with Gasteiger partial charge in [-0.2, -0.15) is 0 Å². The third-order valence-electron chi connectivity index (χ3n) is 4.65. The lowest BCUT2D eigenvalue weighted by molar-refractivity contribution is -0.117. The van der Waals surface area contributed by atoms with Crippen molar-refractivity contribution >= 4 is 17.6 Å². The molecule has 2 aliphatic rings. The van der Waals surface area contributed by atoms with Crippen molar-refractivity contribution in [2.45, 2.75) is 39.2 Å². The van der Waals surface area contributed by atoms with E-state index in [4.69, 9.17) is 0 Å². The first-order valence-electron chi connectivity index (χ1n) is 7.97. The van der Waals surface area contributed by atoms with Gasteiger partial charge in [-0.1, -0.05) is 6.07 Å². The van der Waals surface area contributed by atoms with Crippen LogP contribution in [-0.4, -0.2) is 42.5 Å². The Hall–Kier alpha value is -2.04. The Bertz CT molecular complexity index is 594. The van der Waals surface area contributed by atoms with Gasteiger partial charge in [0.2, 0.25) is 5.91 Å². The summed E-state index contributed by atoms with van der Waals surface area (Å²) in [6.07, 6.45) is 2.53. The number of rotatable bonds is 2. The van der Waals surface area contributed by atoms with Crippen LogP contribution in [0.4, 0.5) is 10.5 Å². The lowest BCUT2D eigenvalue weighted by Crippen LogP contribution is -2.44. The Morgan fingerprint density at radius 2 is 1.91 bits per heavy atom. The number of hydrogen-bond donors (Lipinski definition) is 1. The van der Waals surface area contributed by atoms with Crippen molar-refractivity contribution in [2.24, 2.45) is 0 Å². The van der Waals surface area contributed by atoms with E-state index >= 15 is 0 Å². The summed E-state index contributed by atoms with van der Waals surface area (Å²) in [4.78, 5) is 28.0. The lowest BCUT2D eigenvalue weighted by Gasteiger charge is -2.21. The Kier molecular flexibility index (Phi) is 4.05. The highest BCUT2D eigenvalue weighted by molar-refractivity contribution is 5.96. The fourth-order valence-electron chi connectivity index (χ4n) is 3.13. The molecule has 3 rings (SSSR count). The van der Waals surface area contributed by atoms with E-state index in [1.807, 2.05) is 30.0 Å². The monoisotopic (exact) mass is 301 g/mol. The molecule has 5 nitrogen and oxygen atoms in total. The number of anilines is 1. The van der Waals surface area contributed by atoms with Gasteiger partial charge in [-0.3, -0.25) is 4.79 Å². The second-order valence-electron chi connectivity index (χ2n) is 6.32. The lowest BCUT2D eigenvalue weighted by atomic mass is 10.1. The first kappa shape index (κ1) is 14.9. The van der Waals surface area contributed by atoms with Crippen LogP contribution in [0.1, 0.15) is 30.4 Å². The number of carbonyl (C=O) groups excluding carboxylic acids is 2. The number of urea groups is 1. The number of carbonyl (C=O) groups is 2. The van der Waals surface area contributed by atoms with Gasteiger partial charge in [0.1, 0.15) is 0 Å². The molecule has 2 saturated heterocycles. The van der Waals surface area contributed by atoms with Crippen LogP contribution in [0, 0.1) is 13.8 Å². The van der Waals surface area contributed by atoms with Gasteiger partial charge in [-0.25, -0.2) is 4.79 Å². The summed E-state index contributed by atoms with van der Waals surface area (Å²) in [7, 11) is 0. The smallest absolute Gasteiger partial charge is 0.317 e. The van der Waals surface area contributed by atoms with Gasteiger partial charge in [0.25, 0.3) is 0 Å². The van der Waals surface area contributed by atoms with E-state index in [1.54, 1.807) is 4.90 Å². The molecule has 1 aromatic carbocycles. The average molecular weight is 301 g/mol. The van der Waals surface area contributed by atoms with Crippen molar-refractivity contribution in [3.05, 3.63) is 29.3 Å². The highest BCUT2D eigenvalue weighted by atomic mass is 16.2. The average Bonchev–Trinajstić information content (AvgIpc) is 3.12. The fraction of sp³-hybridized carbons (Fsp3) is 0.529. The second-order valence-corrected chi connectivity index (χ2v) is 6.32. The number of nitrogens with one attached hydrogen (secondary N) is 1. The number of amides is 3. The molecule has 1 aromatic rings. The van der Waals surface area contributed by atoms with Crippen LogP contribution in [-0.2, 0) is 4.79 Å². The maximum atomic E-state index is 12.2. The highest BCUT2D eigenvalue weighted by Crippen LogP contribution is 2.24. The molecular weight excluding hydrogens is 278 g/mol. The second kappa shape index (κ2) is 5.99. The molecule has 118 valence electrons. The molecule has 0 radical (unpaired) electrons. The molecule has 2 aliphatic heterocycles. The molecule has 2 fully saturated rings. The molecule has 0 spiro atoms. The molecular formula is C17H23N3O2. The summed E-state index contributed by atoms with van der Waals surface area (Å²) >= 11 is 0. The SMILES string of the molecule is Cc1ccc(N2CC(NC(=O)N3CCCC3)CC2=O)cc1C. The molecule has 2 heterocycles. The molecule has 5 heteroatoms. The number of aryl methyl sites for hydroxylation is 2. The molecule has 22 heavy (non-hydrogen) atoms. The van der Waals surface area contributed by atoms with E-state index in [0.717, 1.165) is 31.6 Å². The molecule has 0 aliphatic carbocycles. The van der Waals surface area contributed by atoms with E-state index in [0.29, 0.717) is 13.0 Å². The molecule has 1 N–H and O–H groups in total. The Balaban J connectivity index is 1.65. The van der Waals surface area contributed by atoms with Crippen LogP contribution >= 0.6 is 0 Å². The Morgan fingerprint density at radius 3 is 2.59 bits per heavy atom. The summed E-state index contributed by atoms with van der Waals surface area (Å²) < 4.78 is 0. The first-order valence-corrected chi connectivity index (χ1v) is 7.97. The van der Waals surface area contributed by atoms with Gasteiger partial charge in [0, 0.05) is 31.7 Å². The van der Waals surface area contributed by atoms with Crippen molar-refractivity contribution in [1.82, 2.24) is 10.2 Å². The van der Waals surface area contributed by atoms with Gasteiger partial charge in [-0.05, 0) is 49.9 Å². The zero-order valence-corrected chi connectivity index (χ0v) is 13.3. The standard InChI is InChI=1S/C17H23N3O2/c1-12-5-6-15(9-13(12)2)20-11-14(10-16(20)21)18-17(22)19-7-3-4-8-19/h5-6,9,14H,3-4,7-8,10-11H2,1-2H3,(H,18,22). The van der Waals surface area contributed by atoms with Crippen LogP contribution in [0.15, 0.2) is 18.2 Å². The summed E-state index contributed by atoms with van der Waals surface area (Å²) in [6.45, 7) is 6.32. The molecule has 0 aromatic heterocycles. The van der Waals surface area contributed by atoms with Gasteiger partial charge in [0.05, 0.1) is 6.04 Å². The molecule has 1 unspecified atom stereocenters. The zero-order valence-electron chi connectivity index (χ0n) is 13.3.